The van der Waals surface area contributed by atoms with Crippen molar-refractivity contribution in [3.63, 3.8) is 0 Å². The Bertz CT molecular complexity index is 264. The van der Waals surface area contributed by atoms with E-state index in [0.717, 1.165) is 6.54 Å². The first-order valence-corrected chi connectivity index (χ1v) is 5.07. The van der Waals surface area contributed by atoms with E-state index >= 15 is 0 Å². The monoisotopic (exact) mass is 192 g/mol. The summed E-state index contributed by atoms with van der Waals surface area (Å²) in [4.78, 5) is 2.21. The second-order valence-electron chi connectivity index (χ2n) is 4.11. The fourth-order valence-corrected chi connectivity index (χ4v) is 1.64. The molecular weight excluding hydrogens is 172 g/mol. The third-order valence-electron chi connectivity index (χ3n) is 2.42. The number of hydrogen-bond donors (Lipinski definition) is 1. The van der Waals surface area contributed by atoms with E-state index in [1.54, 1.807) is 0 Å². The number of nitrogens with zero attached hydrogens (tertiary/aromatic N) is 1. The maximum Gasteiger partial charge on any atom is 0.0178 e. The molecule has 0 amide bonds. The molecule has 0 aliphatic rings. The molecule has 0 saturated carbocycles. The Balaban J connectivity index is 2.66. The van der Waals surface area contributed by atoms with Gasteiger partial charge in [-0.2, -0.15) is 0 Å². The van der Waals surface area contributed by atoms with Crippen LogP contribution in [0.5, 0.6) is 0 Å². The topological polar surface area (TPSA) is 29.3 Å². The third kappa shape index (κ3) is 3.13. The molecule has 78 valence electrons. The molecule has 2 heteroatoms. The van der Waals surface area contributed by atoms with Crippen LogP contribution in [0, 0.1) is 0 Å². The van der Waals surface area contributed by atoms with Crippen molar-refractivity contribution in [3.05, 3.63) is 35.4 Å². The summed E-state index contributed by atoms with van der Waals surface area (Å²) < 4.78 is 0. The summed E-state index contributed by atoms with van der Waals surface area (Å²) in [5.41, 5.74) is 8.13. The van der Waals surface area contributed by atoms with Crippen LogP contribution in [0.3, 0.4) is 0 Å². The molecule has 0 saturated heterocycles. The van der Waals surface area contributed by atoms with Gasteiger partial charge < -0.3 is 10.6 Å². The van der Waals surface area contributed by atoms with E-state index in [1.165, 1.54) is 11.1 Å². The van der Waals surface area contributed by atoms with E-state index in [2.05, 4.69) is 50.2 Å². The molecule has 2 nitrogen and oxygen atoms in total. The molecule has 1 aromatic carbocycles. The second kappa shape index (κ2) is 5.13. The molecule has 1 atom stereocenters. The summed E-state index contributed by atoms with van der Waals surface area (Å²) in [6.07, 6.45) is 0. The molecule has 1 aromatic rings. The SMILES string of the molecule is CC(CN(C)C)c1ccc(CN)cc1. The summed E-state index contributed by atoms with van der Waals surface area (Å²) in [5, 5.41) is 0. The zero-order valence-corrected chi connectivity index (χ0v) is 9.33. The number of rotatable bonds is 4. The van der Waals surface area contributed by atoms with Crippen molar-refractivity contribution in [2.24, 2.45) is 5.73 Å². The van der Waals surface area contributed by atoms with Gasteiger partial charge in [0, 0.05) is 13.1 Å². The first-order chi connectivity index (χ1) is 6.63. The van der Waals surface area contributed by atoms with Crippen molar-refractivity contribution in [2.75, 3.05) is 20.6 Å². The zero-order valence-electron chi connectivity index (χ0n) is 9.33. The van der Waals surface area contributed by atoms with E-state index in [4.69, 9.17) is 5.73 Å². The molecule has 0 aliphatic heterocycles. The molecule has 14 heavy (non-hydrogen) atoms. The lowest BCUT2D eigenvalue weighted by atomic mass is 9.99. The van der Waals surface area contributed by atoms with Gasteiger partial charge in [0.15, 0.2) is 0 Å². The second-order valence-corrected chi connectivity index (χ2v) is 4.11. The average molecular weight is 192 g/mol. The maximum atomic E-state index is 5.55. The van der Waals surface area contributed by atoms with Crippen LogP contribution >= 0.6 is 0 Å². The highest BCUT2D eigenvalue weighted by molar-refractivity contribution is 5.25. The molecule has 1 unspecified atom stereocenters. The van der Waals surface area contributed by atoms with Gasteiger partial charge in [-0.05, 0) is 31.1 Å². The van der Waals surface area contributed by atoms with Crippen LogP contribution in [0.2, 0.25) is 0 Å². The van der Waals surface area contributed by atoms with Crippen LogP contribution in [-0.2, 0) is 6.54 Å². The van der Waals surface area contributed by atoms with Crippen molar-refractivity contribution >= 4 is 0 Å². The predicted octanol–water partition coefficient (Wildman–Crippen LogP) is 1.81. The van der Waals surface area contributed by atoms with Gasteiger partial charge in [-0.15, -0.1) is 0 Å². The Morgan fingerprint density at radius 3 is 2.21 bits per heavy atom. The molecule has 0 heterocycles. The van der Waals surface area contributed by atoms with E-state index in [-0.39, 0.29) is 0 Å². The van der Waals surface area contributed by atoms with E-state index in [9.17, 15) is 0 Å². The van der Waals surface area contributed by atoms with Gasteiger partial charge in [-0.1, -0.05) is 31.2 Å². The van der Waals surface area contributed by atoms with Crippen LogP contribution in [0.15, 0.2) is 24.3 Å². The molecule has 0 spiro atoms. The fourth-order valence-electron chi connectivity index (χ4n) is 1.64. The van der Waals surface area contributed by atoms with E-state index in [0.29, 0.717) is 12.5 Å². The minimum absolute atomic E-state index is 0.580. The Hall–Kier alpha value is -0.860. The highest BCUT2D eigenvalue weighted by atomic mass is 15.1. The summed E-state index contributed by atoms with van der Waals surface area (Å²) in [5.74, 6) is 0.580. The number of benzene rings is 1. The summed E-state index contributed by atoms with van der Waals surface area (Å²) in [6.45, 7) is 3.96. The normalized spacial score (nSPS) is 13.2. The van der Waals surface area contributed by atoms with Crippen LogP contribution in [0.25, 0.3) is 0 Å². The van der Waals surface area contributed by atoms with Gasteiger partial charge in [0.25, 0.3) is 0 Å². The van der Waals surface area contributed by atoms with Crippen molar-refractivity contribution in [1.29, 1.82) is 0 Å². The highest BCUT2D eigenvalue weighted by Crippen LogP contribution is 2.16. The zero-order chi connectivity index (χ0) is 10.6. The Morgan fingerprint density at radius 1 is 1.21 bits per heavy atom. The highest BCUT2D eigenvalue weighted by Gasteiger charge is 2.05. The van der Waals surface area contributed by atoms with Gasteiger partial charge >= 0.3 is 0 Å². The van der Waals surface area contributed by atoms with Crippen LogP contribution < -0.4 is 5.73 Å². The predicted molar refractivity (Wildman–Crippen MR) is 61.3 cm³/mol. The van der Waals surface area contributed by atoms with Crippen LogP contribution in [0.1, 0.15) is 24.0 Å². The Morgan fingerprint density at radius 2 is 1.79 bits per heavy atom. The van der Waals surface area contributed by atoms with Gasteiger partial charge in [0.2, 0.25) is 0 Å². The molecule has 0 bridgehead atoms. The quantitative estimate of drug-likeness (QED) is 0.788. The molecule has 0 aliphatic carbocycles. The number of nitrogens with two attached hydrogens (primary N) is 1. The minimum Gasteiger partial charge on any atom is -0.326 e. The van der Waals surface area contributed by atoms with Gasteiger partial charge in [-0.25, -0.2) is 0 Å². The third-order valence-corrected chi connectivity index (χ3v) is 2.42. The smallest absolute Gasteiger partial charge is 0.0178 e. The summed E-state index contributed by atoms with van der Waals surface area (Å²) in [6, 6.07) is 8.58. The number of hydrogen-bond acceptors (Lipinski definition) is 2. The standard InChI is InChI=1S/C12H20N2/c1-10(9-14(2)3)12-6-4-11(8-13)5-7-12/h4-7,10H,8-9,13H2,1-3H3. The molecule has 2 N–H and O–H groups in total. The van der Waals surface area contributed by atoms with Gasteiger partial charge in [-0.3, -0.25) is 0 Å². The molecule has 1 rings (SSSR count). The average Bonchev–Trinajstić information content (AvgIpc) is 2.17. The fraction of sp³-hybridized carbons (Fsp3) is 0.500. The minimum atomic E-state index is 0.580. The maximum absolute atomic E-state index is 5.55. The molecule has 0 aromatic heterocycles. The lowest BCUT2D eigenvalue weighted by Crippen LogP contribution is -2.18. The van der Waals surface area contributed by atoms with Gasteiger partial charge in [0.05, 0.1) is 0 Å². The van der Waals surface area contributed by atoms with Crippen molar-refractivity contribution in [3.8, 4) is 0 Å². The van der Waals surface area contributed by atoms with Gasteiger partial charge in [0.1, 0.15) is 0 Å². The molecular formula is C12H20N2. The van der Waals surface area contributed by atoms with E-state index < -0.39 is 0 Å². The molecule has 0 radical (unpaired) electrons. The van der Waals surface area contributed by atoms with Crippen LogP contribution in [0.4, 0.5) is 0 Å². The first kappa shape index (κ1) is 11.2. The van der Waals surface area contributed by atoms with Crippen LogP contribution in [-0.4, -0.2) is 25.5 Å². The summed E-state index contributed by atoms with van der Waals surface area (Å²) >= 11 is 0. The van der Waals surface area contributed by atoms with Crippen molar-refractivity contribution in [1.82, 2.24) is 4.90 Å². The van der Waals surface area contributed by atoms with Crippen molar-refractivity contribution in [2.45, 2.75) is 19.4 Å². The first-order valence-electron chi connectivity index (χ1n) is 5.07. The molecule has 0 fully saturated rings. The largest absolute Gasteiger partial charge is 0.326 e. The van der Waals surface area contributed by atoms with E-state index in [1.807, 2.05) is 0 Å². The summed E-state index contributed by atoms with van der Waals surface area (Å²) in [7, 11) is 4.20. The number of likely N-dealkylation sites (N-methyl/N-ethyl adjacent to an activating group) is 1. The lowest BCUT2D eigenvalue weighted by Gasteiger charge is -2.17. The lowest BCUT2D eigenvalue weighted by molar-refractivity contribution is 0.383. The van der Waals surface area contributed by atoms with Crippen molar-refractivity contribution < 1.29 is 0 Å². The Labute approximate surface area is 86.7 Å². The Kier molecular flexibility index (Phi) is 4.11.